The first kappa shape index (κ1) is 18.4. The van der Waals surface area contributed by atoms with E-state index in [1.54, 1.807) is 36.4 Å². The molecule has 0 aliphatic heterocycles. The normalized spacial score (nSPS) is 10.7. The Hall–Kier alpha value is -3.44. The topological polar surface area (TPSA) is 108 Å². The lowest BCUT2D eigenvalue weighted by Crippen LogP contribution is -2.33. The average molecular weight is 365 g/mol. The van der Waals surface area contributed by atoms with E-state index >= 15 is 0 Å². The minimum atomic E-state index is -0.154. The standard InChI is InChI=1S/C19H19N5O3/c1-2-9-24(12-17(25)21-15-7-5-14(11-20)6-8-15)13-18-22-23-19(27-18)16-4-3-10-26-16/h3-8,10H,2,9,12-13H2,1H3,(H,21,25). The van der Waals surface area contributed by atoms with Gasteiger partial charge in [-0.1, -0.05) is 6.92 Å². The van der Waals surface area contributed by atoms with Gasteiger partial charge in [0, 0.05) is 5.69 Å². The Morgan fingerprint density at radius 1 is 1.26 bits per heavy atom. The van der Waals surface area contributed by atoms with E-state index in [-0.39, 0.29) is 12.5 Å². The molecule has 1 N–H and O–H groups in total. The van der Waals surface area contributed by atoms with Crippen molar-refractivity contribution in [3.8, 4) is 17.7 Å². The van der Waals surface area contributed by atoms with Crippen LogP contribution >= 0.6 is 0 Å². The Bertz CT molecular complexity index is 910. The zero-order valence-electron chi connectivity index (χ0n) is 14.9. The minimum Gasteiger partial charge on any atom is -0.459 e. The van der Waals surface area contributed by atoms with Gasteiger partial charge >= 0.3 is 0 Å². The van der Waals surface area contributed by atoms with Crippen molar-refractivity contribution in [1.82, 2.24) is 15.1 Å². The number of carbonyl (C=O) groups is 1. The van der Waals surface area contributed by atoms with Crippen molar-refractivity contribution in [3.05, 3.63) is 54.1 Å². The summed E-state index contributed by atoms with van der Waals surface area (Å²) in [4.78, 5) is 14.3. The first-order valence-electron chi connectivity index (χ1n) is 8.56. The fourth-order valence-corrected chi connectivity index (χ4v) is 2.57. The number of nitrogens with zero attached hydrogens (tertiary/aromatic N) is 4. The summed E-state index contributed by atoms with van der Waals surface area (Å²) in [6.07, 6.45) is 2.42. The summed E-state index contributed by atoms with van der Waals surface area (Å²) in [6.45, 7) is 3.29. The van der Waals surface area contributed by atoms with E-state index in [1.807, 2.05) is 17.9 Å². The molecule has 0 unspecified atom stereocenters. The molecule has 2 heterocycles. The molecule has 1 amide bonds. The molecule has 27 heavy (non-hydrogen) atoms. The van der Waals surface area contributed by atoms with Crippen molar-refractivity contribution in [3.63, 3.8) is 0 Å². The van der Waals surface area contributed by atoms with E-state index < -0.39 is 0 Å². The second-order valence-electron chi connectivity index (χ2n) is 5.93. The van der Waals surface area contributed by atoms with Crippen molar-refractivity contribution in [2.24, 2.45) is 0 Å². The molecule has 8 nitrogen and oxygen atoms in total. The lowest BCUT2D eigenvalue weighted by Gasteiger charge is -2.19. The number of benzene rings is 1. The van der Waals surface area contributed by atoms with Crippen LogP contribution in [0.15, 0.2) is 51.5 Å². The molecule has 3 rings (SSSR count). The van der Waals surface area contributed by atoms with Crippen LogP contribution in [0.2, 0.25) is 0 Å². The molecule has 1 aromatic carbocycles. The maximum Gasteiger partial charge on any atom is 0.283 e. The summed E-state index contributed by atoms with van der Waals surface area (Å²) in [6, 6.07) is 12.3. The van der Waals surface area contributed by atoms with Crippen molar-refractivity contribution in [2.75, 3.05) is 18.4 Å². The molecule has 0 aliphatic carbocycles. The Morgan fingerprint density at radius 2 is 2.07 bits per heavy atom. The highest BCUT2D eigenvalue weighted by molar-refractivity contribution is 5.92. The predicted molar refractivity (Wildman–Crippen MR) is 97.4 cm³/mol. The Labute approximate surface area is 156 Å². The number of aromatic nitrogens is 2. The van der Waals surface area contributed by atoms with Crippen LogP contribution in [0.5, 0.6) is 0 Å². The first-order chi connectivity index (χ1) is 13.2. The van der Waals surface area contributed by atoms with E-state index in [4.69, 9.17) is 14.1 Å². The highest BCUT2D eigenvalue weighted by Gasteiger charge is 2.16. The van der Waals surface area contributed by atoms with Crippen molar-refractivity contribution >= 4 is 11.6 Å². The van der Waals surface area contributed by atoms with E-state index in [1.165, 1.54) is 6.26 Å². The summed E-state index contributed by atoms with van der Waals surface area (Å²) in [7, 11) is 0. The van der Waals surface area contributed by atoms with Crippen LogP contribution in [0.3, 0.4) is 0 Å². The Morgan fingerprint density at radius 3 is 2.74 bits per heavy atom. The quantitative estimate of drug-likeness (QED) is 0.653. The summed E-state index contributed by atoms with van der Waals surface area (Å²) < 4.78 is 10.8. The molecular weight excluding hydrogens is 346 g/mol. The number of nitriles is 1. The maximum absolute atomic E-state index is 12.3. The lowest BCUT2D eigenvalue weighted by atomic mass is 10.2. The number of anilines is 1. The number of carbonyl (C=O) groups excluding carboxylic acids is 1. The van der Waals surface area contributed by atoms with Gasteiger partial charge < -0.3 is 14.2 Å². The van der Waals surface area contributed by atoms with Gasteiger partial charge in [0.25, 0.3) is 5.89 Å². The van der Waals surface area contributed by atoms with Gasteiger partial charge in [0.1, 0.15) is 0 Å². The fourth-order valence-electron chi connectivity index (χ4n) is 2.57. The van der Waals surface area contributed by atoms with E-state index in [2.05, 4.69) is 15.5 Å². The summed E-state index contributed by atoms with van der Waals surface area (Å²) in [5.41, 5.74) is 1.19. The number of hydrogen-bond donors (Lipinski definition) is 1. The number of amides is 1. The van der Waals surface area contributed by atoms with E-state index in [0.717, 1.165) is 6.42 Å². The second-order valence-corrected chi connectivity index (χ2v) is 5.93. The van der Waals surface area contributed by atoms with Crippen LogP contribution < -0.4 is 5.32 Å². The van der Waals surface area contributed by atoms with Crippen LogP contribution in [-0.4, -0.2) is 34.1 Å². The molecule has 0 aliphatic rings. The maximum atomic E-state index is 12.3. The third-order valence-corrected chi connectivity index (χ3v) is 3.76. The number of nitrogens with one attached hydrogen (secondary N) is 1. The van der Waals surface area contributed by atoms with Crippen LogP contribution in [0.25, 0.3) is 11.7 Å². The first-order valence-corrected chi connectivity index (χ1v) is 8.56. The number of rotatable bonds is 8. The highest BCUT2D eigenvalue weighted by atomic mass is 16.4. The molecule has 138 valence electrons. The molecule has 0 spiro atoms. The Kier molecular flexibility index (Phi) is 5.97. The predicted octanol–water partition coefficient (Wildman–Crippen LogP) is 3.05. The zero-order valence-corrected chi connectivity index (χ0v) is 14.9. The highest BCUT2D eigenvalue weighted by Crippen LogP contribution is 2.18. The van der Waals surface area contributed by atoms with E-state index in [9.17, 15) is 4.79 Å². The van der Waals surface area contributed by atoms with Crippen molar-refractivity contribution in [1.29, 1.82) is 5.26 Å². The SMILES string of the molecule is CCCN(CC(=O)Nc1ccc(C#N)cc1)Cc1nnc(-c2ccco2)o1. The van der Waals surface area contributed by atoms with Crippen LogP contribution in [-0.2, 0) is 11.3 Å². The number of hydrogen-bond acceptors (Lipinski definition) is 7. The van der Waals surface area contributed by atoms with Gasteiger partial charge in [0.05, 0.1) is 31.0 Å². The van der Waals surface area contributed by atoms with Gasteiger partial charge in [-0.2, -0.15) is 5.26 Å². The van der Waals surface area contributed by atoms with Gasteiger partial charge in [0.2, 0.25) is 11.8 Å². The van der Waals surface area contributed by atoms with Crippen molar-refractivity contribution < 1.29 is 13.6 Å². The monoisotopic (exact) mass is 365 g/mol. The van der Waals surface area contributed by atoms with Crippen LogP contribution in [0.1, 0.15) is 24.8 Å². The van der Waals surface area contributed by atoms with Crippen molar-refractivity contribution in [2.45, 2.75) is 19.9 Å². The molecule has 0 bridgehead atoms. The van der Waals surface area contributed by atoms with Gasteiger partial charge in [0.15, 0.2) is 5.76 Å². The Balaban J connectivity index is 1.59. The van der Waals surface area contributed by atoms with Crippen LogP contribution in [0, 0.1) is 11.3 Å². The van der Waals surface area contributed by atoms with Gasteiger partial charge in [-0.25, -0.2) is 0 Å². The summed E-state index contributed by atoms with van der Waals surface area (Å²) >= 11 is 0. The molecule has 0 saturated heterocycles. The van der Waals surface area contributed by atoms with Gasteiger partial charge in [-0.3, -0.25) is 9.69 Å². The molecule has 0 fully saturated rings. The van der Waals surface area contributed by atoms with Gasteiger partial charge in [-0.15, -0.1) is 10.2 Å². The molecule has 2 aromatic heterocycles. The number of furan rings is 1. The zero-order chi connectivity index (χ0) is 19.1. The van der Waals surface area contributed by atoms with E-state index in [0.29, 0.717) is 41.9 Å². The molecule has 0 saturated carbocycles. The molecule has 0 radical (unpaired) electrons. The smallest absolute Gasteiger partial charge is 0.283 e. The molecule has 3 aromatic rings. The molecule has 0 atom stereocenters. The second kappa shape index (κ2) is 8.78. The fraction of sp³-hybridized carbons (Fsp3) is 0.263. The minimum absolute atomic E-state index is 0.154. The largest absolute Gasteiger partial charge is 0.459 e. The summed E-state index contributed by atoms with van der Waals surface area (Å²) in [5, 5.41) is 19.6. The third-order valence-electron chi connectivity index (χ3n) is 3.76. The molecular formula is C19H19N5O3. The molecule has 8 heteroatoms. The summed E-state index contributed by atoms with van der Waals surface area (Å²) in [5.74, 6) is 1.09. The lowest BCUT2D eigenvalue weighted by molar-refractivity contribution is -0.117. The van der Waals surface area contributed by atoms with Crippen LogP contribution in [0.4, 0.5) is 5.69 Å². The average Bonchev–Trinajstić information content (AvgIpc) is 3.34. The third kappa shape index (κ3) is 5.03. The van der Waals surface area contributed by atoms with Gasteiger partial charge in [-0.05, 0) is 49.4 Å².